The predicted molar refractivity (Wildman–Crippen MR) is 98.4 cm³/mol. The number of amides is 2. The lowest BCUT2D eigenvalue weighted by Gasteiger charge is -2.28. The first-order valence-electron chi connectivity index (χ1n) is 8.51. The lowest BCUT2D eigenvalue weighted by atomic mass is 9.96. The highest BCUT2D eigenvalue weighted by atomic mass is 16.2. The van der Waals surface area contributed by atoms with E-state index in [1.165, 1.54) is 12.5 Å². The number of carbonyl (C=O) groups excluding carboxylic acids is 2. The molecule has 1 aliphatic rings. The summed E-state index contributed by atoms with van der Waals surface area (Å²) in [5.41, 5.74) is 5.45. The van der Waals surface area contributed by atoms with Gasteiger partial charge in [0.2, 0.25) is 11.8 Å². The van der Waals surface area contributed by atoms with Gasteiger partial charge in [0.1, 0.15) is 0 Å². The van der Waals surface area contributed by atoms with Gasteiger partial charge in [-0.3, -0.25) is 14.7 Å². The van der Waals surface area contributed by atoms with E-state index in [0.29, 0.717) is 18.7 Å². The van der Waals surface area contributed by atoms with Crippen molar-refractivity contribution in [1.29, 1.82) is 0 Å². The fraction of sp³-hybridized carbons (Fsp3) is 0.263. The summed E-state index contributed by atoms with van der Waals surface area (Å²) in [6.45, 7) is 4.34. The number of H-pyrrole nitrogens is 1. The fourth-order valence-electron chi connectivity index (χ4n) is 3.48. The van der Waals surface area contributed by atoms with Crippen molar-refractivity contribution in [1.82, 2.24) is 20.1 Å². The van der Waals surface area contributed by atoms with Gasteiger partial charge in [-0.15, -0.1) is 0 Å². The average Bonchev–Trinajstić information content (AvgIpc) is 3.05. The summed E-state index contributed by atoms with van der Waals surface area (Å²) in [7, 11) is 0. The molecule has 132 valence electrons. The molecule has 3 heterocycles. The monoisotopic (exact) mass is 349 g/mol. The number of anilines is 1. The summed E-state index contributed by atoms with van der Waals surface area (Å²) in [6.07, 6.45) is 2.58. The highest BCUT2D eigenvalue weighted by Crippen LogP contribution is 2.33. The van der Waals surface area contributed by atoms with Crippen molar-refractivity contribution in [2.24, 2.45) is 0 Å². The van der Waals surface area contributed by atoms with E-state index in [1.54, 1.807) is 6.92 Å². The molecule has 0 saturated carbocycles. The summed E-state index contributed by atoms with van der Waals surface area (Å²) in [5.74, 6) is -0.0360. The molecule has 0 unspecified atom stereocenters. The number of rotatable bonds is 2. The number of nitrogens with zero attached hydrogens (tertiary/aromatic N) is 3. The molecular weight excluding hydrogens is 330 g/mol. The molecule has 0 saturated heterocycles. The Balaban J connectivity index is 1.81. The van der Waals surface area contributed by atoms with E-state index in [0.717, 1.165) is 34.3 Å². The number of hydrogen-bond donors (Lipinski definition) is 2. The summed E-state index contributed by atoms with van der Waals surface area (Å²) in [4.78, 5) is 29.3. The largest absolute Gasteiger partial charge is 0.338 e. The second-order valence-electron chi connectivity index (χ2n) is 6.51. The van der Waals surface area contributed by atoms with Crippen molar-refractivity contribution < 1.29 is 9.59 Å². The summed E-state index contributed by atoms with van der Waals surface area (Å²) < 4.78 is 0. The molecule has 2 aromatic heterocycles. The van der Waals surface area contributed by atoms with Crippen LogP contribution in [-0.2, 0) is 22.6 Å². The molecule has 0 atom stereocenters. The molecule has 0 spiro atoms. The maximum Gasteiger partial charge on any atom is 0.221 e. The first kappa shape index (κ1) is 16.3. The molecule has 0 aliphatic carbocycles. The van der Waals surface area contributed by atoms with Crippen LogP contribution in [0.2, 0.25) is 0 Å². The van der Waals surface area contributed by atoms with Gasteiger partial charge < -0.3 is 10.2 Å². The highest BCUT2D eigenvalue weighted by Gasteiger charge is 2.23. The Labute approximate surface area is 150 Å². The molecule has 4 rings (SSSR count). The van der Waals surface area contributed by atoms with E-state index in [9.17, 15) is 9.59 Å². The zero-order chi connectivity index (χ0) is 18.3. The molecule has 7 nitrogen and oxygen atoms in total. The van der Waals surface area contributed by atoms with Crippen LogP contribution < -0.4 is 5.32 Å². The number of pyridine rings is 1. The van der Waals surface area contributed by atoms with E-state index in [1.807, 2.05) is 35.4 Å². The Morgan fingerprint density at radius 2 is 2.12 bits per heavy atom. The van der Waals surface area contributed by atoms with E-state index < -0.39 is 0 Å². The lowest BCUT2D eigenvalue weighted by Crippen LogP contribution is -2.34. The number of aromatic nitrogens is 3. The van der Waals surface area contributed by atoms with Crippen LogP contribution in [0, 0.1) is 0 Å². The predicted octanol–water partition coefficient (Wildman–Crippen LogP) is 2.49. The zero-order valence-corrected chi connectivity index (χ0v) is 14.7. The molecule has 1 aromatic carbocycles. The molecule has 0 bridgehead atoms. The van der Waals surface area contributed by atoms with Crippen LogP contribution in [0.25, 0.3) is 22.3 Å². The number of fused-ring (bicyclic) bond motifs is 3. The smallest absolute Gasteiger partial charge is 0.221 e. The fourth-order valence-corrected chi connectivity index (χ4v) is 3.48. The van der Waals surface area contributed by atoms with Crippen molar-refractivity contribution >= 4 is 28.5 Å². The zero-order valence-electron chi connectivity index (χ0n) is 14.7. The summed E-state index contributed by atoms with van der Waals surface area (Å²) in [5, 5.41) is 11.2. The van der Waals surface area contributed by atoms with Crippen molar-refractivity contribution in [3.8, 4) is 11.3 Å². The molecular formula is C19H19N5O2. The van der Waals surface area contributed by atoms with E-state index >= 15 is 0 Å². The van der Waals surface area contributed by atoms with Gasteiger partial charge in [0, 0.05) is 44.4 Å². The van der Waals surface area contributed by atoms with Gasteiger partial charge in [0.05, 0.1) is 11.1 Å². The van der Waals surface area contributed by atoms with Crippen LogP contribution in [0.4, 0.5) is 5.69 Å². The van der Waals surface area contributed by atoms with Crippen LogP contribution in [0.1, 0.15) is 25.0 Å². The number of benzene rings is 1. The minimum atomic E-state index is -0.111. The quantitative estimate of drug-likeness (QED) is 0.744. The third kappa shape index (κ3) is 2.81. The maximum absolute atomic E-state index is 11.7. The average molecular weight is 349 g/mol. The Morgan fingerprint density at radius 1 is 1.27 bits per heavy atom. The lowest BCUT2D eigenvalue weighted by molar-refractivity contribution is -0.129. The normalized spacial score (nSPS) is 13.5. The summed E-state index contributed by atoms with van der Waals surface area (Å²) in [6, 6.07) is 7.64. The standard InChI is InChI=1S/C19H19N5O2/c1-11(25)21-15-5-3-4-13(8-15)18-17-16-6-7-24(12(2)26)10-14(16)9-20-19(17)23-22-18/h3-5,8-9H,6-7,10H2,1-2H3,(H,21,25)(H,20,22,23). The van der Waals surface area contributed by atoms with Crippen LogP contribution in [-0.4, -0.2) is 38.4 Å². The number of hydrogen-bond acceptors (Lipinski definition) is 4. The molecule has 2 amide bonds. The third-order valence-corrected chi connectivity index (χ3v) is 4.69. The van der Waals surface area contributed by atoms with Gasteiger partial charge >= 0.3 is 0 Å². The van der Waals surface area contributed by atoms with Gasteiger partial charge in [-0.25, -0.2) is 4.98 Å². The van der Waals surface area contributed by atoms with Crippen LogP contribution in [0.15, 0.2) is 30.5 Å². The minimum Gasteiger partial charge on any atom is -0.338 e. The molecule has 3 aromatic rings. The van der Waals surface area contributed by atoms with Gasteiger partial charge in [-0.05, 0) is 29.7 Å². The van der Waals surface area contributed by atoms with Crippen LogP contribution in [0.5, 0.6) is 0 Å². The first-order valence-corrected chi connectivity index (χ1v) is 8.51. The second kappa shape index (κ2) is 6.25. The van der Waals surface area contributed by atoms with Crippen molar-refractivity contribution in [3.05, 3.63) is 41.6 Å². The molecule has 0 radical (unpaired) electrons. The Bertz CT molecular complexity index is 1020. The van der Waals surface area contributed by atoms with E-state index in [-0.39, 0.29) is 11.8 Å². The molecule has 7 heteroatoms. The van der Waals surface area contributed by atoms with E-state index in [4.69, 9.17) is 0 Å². The Morgan fingerprint density at radius 3 is 2.88 bits per heavy atom. The van der Waals surface area contributed by atoms with Crippen molar-refractivity contribution in [3.63, 3.8) is 0 Å². The van der Waals surface area contributed by atoms with Crippen molar-refractivity contribution in [2.75, 3.05) is 11.9 Å². The van der Waals surface area contributed by atoms with Gasteiger partial charge in [0.25, 0.3) is 0 Å². The first-order chi connectivity index (χ1) is 12.5. The maximum atomic E-state index is 11.7. The SMILES string of the molecule is CC(=O)Nc1cccc(-c2[nH]nc3ncc4c(c23)CCN(C(C)=O)C4)c1. The van der Waals surface area contributed by atoms with Crippen molar-refractivity contribution in [2.45, 2.75) is 26.8 Å². The number of aromatic amines is 1. The molecule has 2 N–H and O–H groups in total. The topological polar surface area (TPSA) is 91.0 Å². The Hall–Kier alpha value is -3.22. The highest BCUT2D eigenvalue weighted by molar-refractivity contribution is 5.96. The Kier molecular flexibility index (Phi) is 3.91. The third-order valence-electron chi connectivity index (χ3n) is 4.69. The van der Waals surface area contributed by atoms with Crippen LogP contribution >= 0.6 is 0 Å². The number of carbonyl (C=O) groups is 2. The van der Waals surface area contributed by atoms with Gasteiger partial charge in [0.15, 0.2) is 5.65 Å². The summed E-state index contributed by atoms with van der Waals surface area (Å²) >= 11 is 0. The molecule has 1 aliphatic heterocycles. The van der Waals surface area contributed by atoms with Gasteiger partial charge in [-0.2, -0.15) is 5.10 Å². The molecule has 0 fully saturated rings. The van der Waals surface area contributed by atoms with Gasteiger partial charge in [-0.1, -0.05) is 12.1 Å². The number of nitrogens with one attached hydrogen (secondary N) is 2. The van der Waals surface area contributed by atoms with E-state index in [2.05, 4.69) is 20.5 Å². The van der Waals surface area contributed by atoms with Crippen LogP contribution in [0.3, 0.4) is 0 Å². The molecule has 26 heavy (non-hydrogen) atoms. The second-order valence-corrected chi connectivity index (χ2v) is 6.51. The minimum absolute atomic E-state index is 0.0752.